The Balaban J connectivity index is 1.49. The first kappa shape index (κ1) is 42.7. The summed E-state index contributed by atoms with van der Waals surface area (Å²) in [5.41, 5.74) is 2.25. The Kier molecular flexibility index (Phi) is 14.3. The number of carbonyl (C=O) groups excluding carboxylic acids is 4. The van der Waals surface area contributed by atoms with Crippen molar-refractivity contribution in [3.8, 4) is 0 Å². The fraction of sp³-hybridized carbons (Fsp3) is 0.476. The van der Waals surface area contributed by atoms with E-state index >= 15 is 9.59 Å². The minimum Gasteiger partial charge on any atom is -0.306 e. The molecule has 0 radical (unpaired) electrons. The molecule has 0 spiro atoms. The predicted molar refractivity (Wildman–Crippen MR) is 244 cm³/mol. The molecule has 4 amide bonds. The van der Waals surface area contributed by atoms with E-state index in [9.17, 15) is 9.59 Å². The summed E-state index contributed by atoms with van der Waals surface area (Å²) in [6, 6.07) is 7.90. The van der Waals surface area contributed by atoms with Crippen molar-refractivity contribution < 1.29 is 19.2 Å². The van der Waals surface area contributed by atoms with Crippen LogP contribution in [-0.2, 0) is 19.2 Å². The molecule has 0 N–H and O–H groups in total. The fourth-order valence-corrected chi connectivity index (χ4v) is 12.5. The number of thiocarbonyl (C=S) groups is 2. The number of fused-ring (bicyclic) bond motifs is 1. The Morgan fingerprint density at radius 3 is 1.29 bits per heavy atom. The van der Waals surface area contributed by atoms with Gasteiger partial charge in [0.1, 0.15) is 8.64 Å². The van der Waals surface area contributed by atoms with Gasteiger partial charge in [-0.25, -0.2) is 0 Å². The molecule has 56 heavy (non-hydrogen) atoms. The molecule has 0 bridgehead atoms. The second-order valence-corrected chi connectivity index (χ2v) is 19.9. The van der Waals surface area contributed by atoms with Gasteiger partial charge in [0.05, 0.1) is 42.1 Å². The van der Waals surface area contributed by atoms with Gasteiger partial charge in [-0.1, -0.05) is 114 Å². The summed E-state index contributed by atoms with van der Waals surface area (Å²) in [5.74, 6) is 0.0527. The van der Waals surface area contributed by atoms with E-state index in [4.69, 9.17) is 24.4 Å². The SMILES string of the molecule is CCCCC(CC)CN1C(=O)C2=C(c3ccc(/C=C4\SC(=S)N(CC)C4=O)s3)N(CC(CC)CCCC)C(=O)C2=C1c1ccc(/C=C2\SC(=S)N(CC)C2=O)s1. The van der Waals surface area contributed by atoms with Crippen molar-refractivity contribution in [3.63, 3.8) is 0 Å². The Morgan fingerprint density at radius 1 is 0.571 bits per heavy atom. The van der Waals surface area contributed by atoms with Crippen molar-refractivity contribution in [2.45, 2.75) is 92.9 Å². The molecule has 8 nitrogen and oxygen atoms in total. The van der Waals surface area contributed by atoms with E-state index in [0.717, 1.165) is 70.9 Å². The minimum atomic E-state index is -0.144. The predicted octanol–water partition coefficient (Wildman–Crippen LogP) is 10.5. The molecule has 2 aromatic rings. The number of carbonyl (C=O) groups is 4. The molecule has 6 heterocycles. The van der Waals surface area contributed by atoms with Crippen LogP contribution in [0.1, 0.15) is 112 Å². The molecule has 6 rings (SSSR count). The molecule has 2 saturated heterocycles. The van der Waals surface area contributed by atoms with Crippen molar-refractivity contribution in [1.82, 2.24) is 19.6 Å². The molecule has 14 heteroatoms. The minimum absolute atomic E-state index is 0.101. The number of thioether (sulfide) groups is 2. The molecule has 4 aliphatic rings. The third-order valence-corrected chi connectivity index (χ3v) is 15.6. The molecule has 4 aliphatic heterocycles. The molecule has 0 aliphatic carbocycles. The zero-order valence-corrected chi connectivity index (χ0v) is 37.9. The Hall–Kier alpha value is -2.88. The lowest BCUT2D eigenvalue weighted by atomic mass is 9.98. The molecule has 2 aromatic heterocycles. The van der Waals surface area contributed by atoms with Gasteiger partial charge >= 0.3 is 0 Å². The lowest BCUT2D eigenvalue weighted by Crippen LogP contribution is -2.34. The van der Waals surface area contributed by atoms with Crippen LogP contribution in [0.15, 0.2) is 45.2 Å². The van der Waals surface area contributed by atoms with Crippen molar-refractivity contribution in [3.05, 3.63) is 64.7 Å². The van der Waals surface area contributed by atoms with Gasteiger partial charge in [0, 0.05) is 35.9 Å². The van der Waals surface area contributed by atoms with Crippen LogP contribution >= 0.6 is 70.6 Å². The maximum atomic E-state index is 15.1. The van der Waals surface area contributed by atoms with Crippen molar-refractivity contribution in [1.29, 1.82) is 0 Å². The van der Waals surface area contributed by atoms with E-state index in [1.807, 2.05) is 60.1 Å². The number of thiophene rings is 2. The van der Waals surface area contributed by atoms with Gasteiger partial charge in [-0.2, -0.15) is 0 Å². The summed E-state index contributed by atoms with van der Waals surface area (Å²) in [4.78, 5) is 67.8. The van der Waals surface area contributed by atoms with Gasteiger partial charge in [0.25, 0.3) is 23.6 Å². The van der Waals surface area contributed by atoms with Crippen molar-refractivity contribution in [2.24, 2.45) is 11.8 Å². The number of hydrogen-bond donors (Lipinski definition) is 0. The van der Waals surface area contributed by atoms with Gasteiger partial charge < -0.3 is 9.80 Å². The molecule has 2 unspecified atom stereocenters. The zero-order chi connectivity index (χ0) is 40.3. The van der Waals surface area contributed by atoms with Gasteiger partial charge in [0.2, 0.25) is 0 Å². The lowest BCUT2D eigenvalue weighted by Gasteiger charge is -2.29. The highest BCUT2D eigenvalue weighted by Crippen LogP contribution is 2.50. The second-order valence-electron chi connectivity index (χ2n) is 14.4. The maximum Gasteiger partial charge on any atom is 0.266 e. The van der Waals surface area contributed by atoms with E-state index in [-0.39, 0.29) is 35.5 Å². The molecular formula is C42H50N4O4S6. The Morgan fingerprint density at radius 2 is 0.964 bits per heavy atom. The fourth-order valence-electron chi connectivity index (χ4n) is 7.53. The van der Waals surface area contributed by atoms with Crippen LogP contribution in [0.3, 0.4) is 0 Å². The van der Waals surface area contributed by atoms with Crippen LogP contribution in [0.4, 0.5) is 0 Å². The Labute approximate surface area is 358 Å². The molecular weight excluding hydrogens is 817 g/mol. The zero-order valence-electron chi connectivity index (χ0n) is 33.0. The van der Waals surface area contributed by atoms with Crippen LogP contribution in [0.25, 0.3) is 23.5 Å². The topological polar surface area (TPSA) is 81.2 Å². The molecule has 0 saturated carbocycles. The van der Waals surface area contributed by atoms with Crippen LogP contribution in [0, 0.1) is 11.8 Å². The van der Waals surface area contributed by atoms with Crippen LogP contribution in [0.2, 0.25) is 0 Å². The van der Waals surface area contributed by atoms with Crippen LogP contribution < -0.4 is 0 Å². The molecule has 0 aromatic carbocycles. The normalized spacial score (nSPS) is 20.2. The highest BCUT2D eigenvalue weighted by Gasteiger charge is 2.50. The quantitative estimate of drug-likeness (QED) is 0.108. The lowest BCUT2D eigenvalue weighted by molar-refractivity contribution is -0.124. The van der Waals surface area contributed by atoms with E-state index in [1.165, 1.54) is 46.2 Å². The van der Waals surface area contributed by atoms with Crippen molar-refractivity contribution >= 4 is 126 Å². The third-order valence-electron chi connectivity index (χ3n) is 10.8. The number of amides is 4. The first-order valence-corrected chi connectivity index (χ1v) is 23.9. The summed E-state index contributed by atoms with van der Waals surface area (Å²) < 4.78 is 1.10. The summed E-state index contributed by atoms with van der Waals surface area (Å²) >= 11 is 16.5. The summed E-state index contributed by atoms with van der Waals surface area (Å²) in [7, 11) is 0. The maximum absolute atomic E-state index is 15.1. The third kappa shape index (κ3) is 8.47. The van der Waals surface area contributed by atoms with Crippen molar-refractivity contribution in [2.75, 3.05) is 26.2 Å². The summed E-state index contributed by atoms with van der Waals surface area (Å²) in [5, 5.41) is 0. The monoisotopic (exact) mass is 866 g/mol. The van der Waals surface area contributed by atoms with E-state index < -0.39 is 0 Å². The standard InChI is InChI=1S/C42H50N4O4S6/c1-7-13-15-25(9-3)23-45-35(29-19-17-27(53-29)21-31-37(47)43(11-5)41(51)55-31)33-34(39(45)49)36(46(40(33)50)24-26(10-4)16-14-8-2)30-20-18-28(54-30)22-32-38(48)44(12-6)42(52)56-32/h17-22,25-26H,7-16,23-24H2,1-6H3/b31-21-,32-22-. The Bertz CT molecular complexity index is 1910. The van der Waals surface area contributed by atoms with Gasteiger partial charge in [0.15, 0.2) is 0 Å². The molecule has 298 valence electrons. The highest BCUT2D eigenvalue weighted by atomic mass is 32.2. The second kappa shape index (κ2) is 18.8. The van der Waals surface area contributed by atoms with E-state index in [2.05, 4.69) is 27.7 Å². The van der Waals surface area contributed by atoms with Gasteiger partial charge in [-0.3, -0.25) is 29.0 Å². The van der Waals surface area contributed by atoms with Gasteiger partial charge in [-0.15, -0.1) is 22.7 Å². The summed E-state index contributed by atoms with van der Waals surface area (Å²) in [6.07, 6.45) is 11.8. The number of rotatable bonds is 18. The largest absolute Gasteiger partial charge is 0.306 e. The van der Waals surface area contributed by atoms with Crippen LogP contribution in [0.5, 0.6) is 0 Å². The number of nitrogens with zero attached hydrogens (tertiary/aromatic N) is 4. The molecule has 2 atom stereocenters. The average molecular weight is 867 g/mol. The first-order valence-electron chi connectivity index (χ1n) is 19.8. The highest BCUT2D eigenvalue weighted by molar-refractivity contribution is 8.27. The first-order chi connectivity index (χ1) is 27.0. The average Bonchev–Trinajstić information content (AvgIpc) is 4.03. The van der Waals surface area contributed by atoms with Gasteiger partial charge in [-0.05, 0) is 74.9 Å². The van der Waals surface area contributed by atoms with E-state index in [0.29, 0.717) is 67.2 Å². The number of likely N-dealkylation sites (N-methyl/N-ethyl adjacent to an activating group) is 2. The smallest absolute Gasteiger partial charge is 0.266 e. The summed E-state index contributed by atoms with van der Waals surface area (Å²) in [6.45, 7) is 14.6. The van der Waals surface area contributed by atoms with E-state index in [1.54, 1.807) is 9.80 Å². The number of hydrogen-bond acceptors (Lipinski definition) is 10. The number of unbranched alkanes of at least 4 members (excludes halogenated alkanes) is 2. The molecule has 2 fully saturated rings. The van der Waals surface area contributed by atoms with Crippen LogP contribution in [-0.4, -0.2) is 78.0 Å².